The molecule has 2 N–H and O–H groups in total. The van der Waals surface area contributed by atoms with Gasteiger partial charge >= 0.3 is 0 Å². The molecule has 4 rings (SSSR count). The lowest BCUT2D eigenvalue weighted by Crippen LogP contribution is -2.48. The van der Waals surface area contributed by atoms with Crippen molar-refractivity contribution in [2.24, 2.45) is 0 Å². The lowest BCUT2D eigenvalue weighted by Gasteiger charge is -2.38. The van der Waals surface area contributed by atoms with Crippen LogP contribution >= 0.6 is 12.2 Å². The third-order valence-electron chi connectivity index (χ3n) is 5.22. The second kappa shape index (κ2) is 9.02. The second-order valence-corrected chi connectivity index (χ2v) is 7.53. The summed E-state index contributed by atoms with van der Waals surface area (Å²) in [7, 11) is 1.63. The molecule has 0 radical (unpaired) electrons. The molecule has 0 aliphatic carbocycles. The lowest BCUT2D eigenvalue weighted by molar-refractivity contribution is -0.113. The summed E-state index contributed by atoms with van der Waals surface area (Å²) in [5.41, 5.74) is 3.95. The topological polar surface area (TPSA) is 53.6 Å². The summed E-state index contributed by atoms with van der Waals surface area (Å²) in [6.07, 6.45) is 0. The van der Waals surface area contributed by atoms with Gasteiger partial charge in [-0.05, 0) is 61.1 Å². The van der Waals surface area contributed by atoms with Crippen molar-refractivity contribution in [2.45, 2.75) is 13.0 Å². The number of anilines is 2. The Kier molecular flexibility index (Phi) is 6.00. The number of nitrogens with one attached hydrogen (secondary N) is 2. The minimum Gasteiger partial charge on any atom is -0.497 e. The Labute approximate surface area is 187 Å². The van der Waals surface area contributed by atoms with E-state index in [9.17, 15) is 4.79 Å². The molecule has 0 fully saturated rings. The average Bonchev–Trinajstić information content (AvgIpc) is 2.80. The van der Waals surface area contributed by atoms with Crippen LogP contribution < -0.4 is 20.3 Å². The second-order valence-electron chi connectivity index (χ2n) is 7.15. The molecule has 5 nitrogen and oxygen atoms in total. The summed E-state index contributed by atoms with van der Waals surface area (Å²) in [6.45, 7) is 1.92. The van der Waals surface area contributed by atoms with Gasteiger partial charge in [-0.2, -0.15) is 0 Å². The van der Waals surface area contributed by atoms with Gasteiger partial charge < -0.3 is 15.4 Å². The van der Waals surface area contributed by atoms with Crippen molar-refractivity contribution in [3.05, 3.63) is 102 Å². The highest BCUT2D eigenvalue weighted by Gasteiger charge is 2.34. The van der Waals surface area contributed by atoms with Crippen molar-refractivity contribution in [3.8, 4) is 5.75 Å². The van der Waals surface area contributed by atoms with Gasteiger partial charge in [0.2, 0.25) is 0 Å². The highest BCUT2D eigenvalue weighted by atomic mass is 32.1. The first kappa shape index (κ1) is 20.6. The van der Waals surface area contributed by atoms with E-state index >= 15 is 0 Å². The number of amides is 1. The number of carbonyl (C=O) groups is 1. The number of thiocarbonyl (C=S) groups is 1. The third-order valence-corrected chi connectivity index (χ3v) is 5.53. The first-order valence-corrected chi connectivity index (χ1v) is 10.4. The van der Waals surface area contributed by atoms with Crippen LogP contribution in [0.3, 0.4) is 0 Å². The summed E-state index contributed by atoms with van der Waals surface area (Å²) in [5, 5.41) is 6.92. The van der Waals surface area contributed by atoms with E-state index in [1.807, 2.05) is 96.8 Å². The van der Waals surface area contributed by atoms with E-state index in [0.717, 1.165) is 28.4 Å². The number of carbonyl (C=O) groups excluding carboxylic acids is 1. The molecule has 31 heavy (non-hydrogen) atoms. The Hall–Kier alpha value is -3.64. The van der Waals surface area contributed by atoms with Gasteiger partial charge in [0.15, 0.2) is 5.11 Å². The maximum absolute atomic E-state index is 13.4. The molecule has 0 bridgehead atoms. The molecule has 1 aliphatic heterocycles. The van der Waals surface area contributed by atoms with Crippen molar-refractivity contribution in [1.82, 2.24) is 5.32 Å². The van der Waals surface area contributed by atoms with Gasteiger partial charge in [0.25, 0.3) is 5.91 Å². The normalized spacial score (nSPS) is 16.0. The first-order chi connectivity index (χ1) is 15.1. The first-order valence-electron chi connectivity index (χ1n) is 9.95. The smallest absolute Gasteiger partial charge is 0.255 e. The van der Waals surface area contributed by atoms with Gasteiger partial charge in [0.05, 0.1) is 18.7 Å². The van der Waals surface area contributed by atoms with E-state index in [1.54, 1.807) is 7.11 Å². The van der Waals surface area contributed by atoms with Gasteiger partial charge in [0.1, 0.15) is 5.75 Å². The molecule has 0 saturated heterocycles. The Bertz CT molecular complexity index is 1110. The van der Waals surface area contributed by atoms with E-state index in [1.165, 1.54) is 0 Å². The van der Waals surface area contributed by atoms with Crippen LogP contribution in [-0.4, -0.2) is 18.1 Å². The zero-order valence-electron chi connectivity index (χ0n) is 17.3. The molecule has 1 aliphatic rings. The van der Waals surface area contributed by atoms with E-state index in [4.69, 9.17) is 17.0 Å². The molecule has 1 heterocycles. The molecule has 0 spiro atoms. The maximum Gasteiger partial charge on any atom is 0.255 e. The summed E-state index contributed by atoms with van der Waals surface area (Å²) in [4.78, 5) is 15.3. The number of ether oxygens (including phenoxy) is 1. The van der Waals surface area contributed by atoms with Crippen LogP contribution in [-0.2, 0) is 4.79 Å². The number of rotatable bonds is 5. The number of hydrogen-bond acceptors (Lipinski definition) is 3. The van der Waals surface area contributed by atoms with Gasteiger partial charge in [-0.3, -0.25) is 9.69 Å². The fourth-order valence-electron chi connectivity index (χ4n) is 3.69. The van der Waals surface area contributed by atoms with Crippen molar-refractivity contribution in [3.63, 3.8) is 0 Å². The van der Waals surface area contributed by atoms with Gasteiger partial charge in [-0.1, -0.05) is 48.5 Å². The molecule has 0 aromatic heterocycles. The highest BCUT2D eigenvalue weighted by molar-refractivity contribution is 7.80. The molecule has 6 heteroatoms. The average molecular weight is 430 g/mol. The summed E-state index contributed by atoms with van der Waals surface area (Å²) in [6, 6.07) is 26.5. The summed E-state index contributed by atoms with van der Waals surface area (Å²) < 4.78 is 5.27. The van der Waals surface area contributed by atoms with Crippen LogP contribution in [0, 0.1) is 0 Å². The van der Waals surface area contributed by atoms with Crippen molar-refractivity contribution in [1.29, 1.82) is 0 Å². The van der Waals surface area contributed by atoms with E-state index in [2.05, 4.69) is 10.6 Å². The SMILES string of the molecule is COc1ccc(N2C(=S)NC(c3ccccc3)C(C(=O)Nc3ccccc3)=C2C)cc1. The van der Waals surface area contributed by atoms with Crippen molar-refractivity contribution >= 4 is 34.6 Å². The number of nitrogens with zero attached hydrogens (tertiary/aromatic N) is 1. The van der Waals surface area contributed by atoms with Crippen LogP contribution in [0.5, 0.6) is 5.75 Å². The molecule has 3 aromatic carbocycles. The van der Waals surface area contributed by atoms with Crippen LogP contribution in [0.15, 0.2) is 96.2 Å². The van der Waals surface area contributed by atoms with E-state index < -0.39 is 0 Å². The molecule has 156 valence electrons. The molecule has 1 amide bonds. The predicted octanol–water partition coefficient (Wildman–Crippen LogP) is 5.04. The minimum absolute atomic E-state index is 0.175. The molecule has 0 saturated carbocycles. The zero-order chi connectivity index (χ0) is 21.8. The van der Waals surface area contributed by atoms with E-state index in [0.29, 0.717) is 10.7 Å². The molecule has 1 atom stereocenters. The molecular weight excluding hydrogens is 406 g/mol. The van der Waals surface area contributed by atoms with E-state index in [-0.39, 0.29) is 11.9 Å². The van der Waals surface area contributed by atoms with Crippen molar-refractivity contribution in [2.75, 3.05) is 17.3 Å². The van der Waals surface area contributed by atoms with Crippen LogP contribution in [0.25, 0.3) is 0 Å². The number of para-hydroxylation sites is 1. The Morgan fingerprint density at radius 2 is 1.58 bits per heavy atom. The fourth-order valence-corrected chi connectivity index (χ4v) is 4.06. The fraction of sp³-hybridized carbons (Fsp3) is 0.120. The monoisotopic (exact) mass is 429 g/mol. The van der Waals surface area contributed by atoms with Crippen LogP contribution in [0.2, 0.25) is 0 Å². The zero-order valence-corrected chi connectivity index (χ0v) is 18.1. The number of methoxy groups -OCH3 is 1. The van der Waals surface area contributed by atoms with Gasteiger partial charge in [0, 0.05) is 17.1 Å². The maximum atomic E-state index is 13.4. The summed E-state index contributed by atoms with van der Waals surface area (Å²) in [5.74, 6) is 0.580. The standard InChI is InChI=1S/C25H23N3O2S/c1-17-22(24(29)26-19-11-7-4-8-12-19)23(18-9-5-3-6-10-18)27-25(31)28(17)20-13-15-21(30-2)16-14-20/h3-16,23H,1-2H3,(H,26,29)(H,27,31). The number of hydrogen-bond donors (Lipinski definition) is 2. The molecule has 1 unspecified atom stereocenters. The number of benzene rings is 3. The minimum atomic E-state index is -0.355. The predicted molar refractivity (Wildman–Crippen MR) is 128 cm³/mol. The molecular formula is C25H23N3O2S. The van der Waals surface area contributed by atoms with Crippen molar-refractivity contribution < 1.29 is 9.53 Å². The largest absolute Gasteiger partial charge is 0.497 e. The highest BCUT2D eigenvalue weighted by Crippen LogP contribution is 2.34. The van der Waals surface area contributed by atoms with Gasteiger partial charge in [-0.25, -0.2) is 0 Å². The van der Waals surface area contributed by atoms with Gasteiger partial charge in [-0.15, -0.1) is 0 Å². The quantitative estimate of drug-likeness (QED) is 0.556. The van der Waals surface area contributed by atoms with Crippen LogP contribution in [0.1, 0.15) is 18.5 Å². The molecule has 3 aromatic rings. The summed E-state index contributed by atoms with van der Waals surface area (Å²) >= 11 is 5.71. The Balaban J connectivity index is 1.78. The Morgan fingerprint density at radius 3 is 2.19 bits per heavy atom. The lowest BCUT2D eigenvalue weighted by atomic mass is 9.94. The van der Waals surface area contributed by atoms with Crippen LogP contribution in [0.4, 0.5) is 11.4 Å². The number of allylic oxidation sites excluding steroid dienone is 1. The third kappa shape index (κ3) is 4.29. The Morgan fingerprint density at radius 1 is 0.968 bits per heavy atom.